The first kappa shape index (κ1) is 16.9. The van der Waals surface area contributed by atoms with Gasteiger partial charge in [-0.25, -0.2) is 0 Å². The normalized spacial score (nSPS) is 12.6. The number of benzene rings is 2. The Hall–Kier alpha value is -2.93. The second-order valence-electron chi connectivity index (χ2n) is 5.53. The first-order valence-electron chi connectivity index (χ1n) is 7.58. The smallest absolute Gasteiger partial charge is 0.288 e. The number of hydrogen-bond donors (Lipinski definition) is 1. The van der Waals surface area contributed by atoms with Crippen molar-refractivity contribution in [3.8, 4) is 0 Å². The molecule has 7 nitrogen and oxygen atoms in total. The minimum Gasteiger partial charge on any atom is -0.343 e. The van der Waals surface area contributed by atoms with Gasteiger partial charge in [-0.2, -0.15) is 0 Å². The molecular weight excluding hydrogens is 346 g/mol. The highest BCUT2D eigenvalue weighted by molar-refractivity contribution is 6.32. The number of anilines is 1. The van der Waals surface area contributed by atoms with E-state index in [1.54, 1.807) is 4.90 Å². The fraction of sp³-hybridized carbons (Fsp3) is 0.176. The molecular formula is C17H14ClN3O4. The fourth-order valence-electron chi connectivity index (χ4n) is 2.74. The molecule has 128 valence electrons. The van der Waals surface area contributed by atoms with Crippen LogP contribution >= 0.6 is 11.6 Å². The summed E-state index contributed by atoms with van der Waals surface area (Å²) >= 11 is 5.72. The van der Waals surface area contributed by atoms with E-state index in [0.29, 0.717) is 6.54 Å². The summed E-state index contributed by atoms with van der Waals surface area (Å²) in [6.45, 7) is 0.379. The van der Waals surface area contributed by atoms with Crippen molar-refractivity contribution in [3.63, 3.8) is 0 Å². The van der Waals surface area contributed by atoms with Crippen molar-refractivity contribution in [2.24, 2.45) is 0 Å². The summed E-state index contributed by atoms with van der Waals surface area (Å²) in [7, 11) is 0. The molecule has 0 aromatic heterocycles. The number of nitro benzene ring substituents is 1. The number of hydrogen-bond acceptors (Lipinski definition) is 4. The number of nitrogens with one attached hydrogen (secondary N) is 1. The van der Waals surface area contributed by atoms with Gasteiger partial charge in [0.15, 0.2) is 0 Å². The molecule has 3 rings (SSSR count). The molecule has 1 aliphatic heterocycles. The molecule has 1 N–H and O–H groups in total. The Morgan fingerprint density at radius 1 is 1.24 bits per heavy atom. The maximum Gasteiger partial charge on any atom is 0.288 e. The van der Waals surface area contributed by atoms with Crippen molar-refractivity contribution in [2.45, 2.75) is 6.42 Å². The highest BCUT2D eigenvalue weighted by atomic mass is 35.5. The number of carbonyl (C=O) groups excluding carboxylic acids is 2. The standard InChI is InChI=1S/C17H14ClN3O4/c18-13-6-5-12(9-15(13)21(24)25)17(23)19-10-16(22)20-8-7-11-3-1-2-4-14(11)20/h1-6,9H,7-8,10H2,(H,19,23). The van der Waals surface area contributed by atoms with Crippen molar-refractivity contribution < 1.29 is 14.5 Å². The van der Waals surface area contributed by atoms with E-state index in [0.717, 1.165) is 23.7 Å². The molecule has 0 fully saturated rings. The lowest BCUT2D eigenvalue weighted by Crippen LogP contribution is -2.39. The van der Waals surface area contributed by atoms with Gasteiger partial charge in [0.05, 0.1) is 11.5 Å². The van der Waals surface area contributed by atoms with E-state index in [9.17, 15) is 19.7 Å². The minimum absolute atomic E-state index is 0.0497. The summed E-state index contributed by atoms with van der Waals surface area (Å²) in [5.74, 6) is -0.803. The zero-order chi connectivity index (χ0) is 18.0. The van der Waals surface area contributed by atoms with Gasteiger partial charge in [0, 0.05) is 23.9 Å². The number of amides is 2. The third-order valence-corrected chi connectivity index (χ3v) is 4.31. The average molecular weight is 360 g/mol. The molecule has 8 heteroatoms. The largest absolute Gasteiger partial charge is 0.343 e. The summed E-state index contributed by atoms with van der Waals surface area (Å²) in [5.41, 5.74) is 1.67. The molecule has 0 saturated heterocycles. The van der Waals surface area contributed by atoms with Gasteiger partial charge >= 0.3 is 0 Å². The molecule has 0 unspecified atom stereocenters. The lowest BCUT2D eigenvalue weighted by molar-refractivity contribution is -0.384. The summed E-state index contributed by atoms with van der Waals surface area (Å²) in [6.07, 6.45) is 0.777. The van der Waals surface area contributed by atoms with Gasteiger partial charge in [-0.05, 0) is 30.2 Å². The molecule has 1 heterocycles. The molecule has 0 atom stereocenters. The first-order valence-corrected chi connectivity index (χ1v) is 7.95. The van der Waals surface area contributed by atoms with Crippen LogP contribution < -0.4 is 10.2 Å². The number of rotatable bonds is 4. The lowest BCUT2D eigenvalue weighted by atomic mass is 10.2. The molecule has 0 radical (unpaired) electrons. The number of carbonyl (C=O) groups is 2. The minimum atomic E-state index is -0.661. The van der Waals surface area contributed by atoms with E-state index < -0.39 is 10.8 Å². The van der Waals surface area contributed by atoms with Crippen LogP contribution in [0.15, 0.2) is 42.5 Å². The fourth-order valence-corrected chi connectivity index (χ4v) is 2.93. The van der Waals surface area contributed by atoms with Crippen LogP contribution in [-0.2, 0) is 11.2 Å². The van der Waals surface area contributed by atoms with Crippen LogP contribution in [-0.4, -0.2) is 29.8 Å². The molecule has 2 amide bonds. The van der Waals surface area contributed by atoms with Crippen molar-refractivity contribution in [3.05, 3.63) is 68.7 Å². The van der Waals surface area contributed by atoms with Crippen molar-refractivity contribution >= 4 is 34.8 Å². The third-order valence-electron chi connectivity index (χ3n) is 3.99. The number of para-hydroxylation sites is 1. The van der Waals surface area contributed by atoms with Crippen LogP contribution in [0.5, 0.6) is 0 Å². The van der Waals surface area contributed by atoms with Crippen LogP contribution in [0.2, 0.25) is 5.02 Å². The third kappa shape index (κ3) is 3.46. The molecule has 0 saturated carbocycles. The van der Waals surface area contributed by atoms with E-state index in [4.69, 9.17) is 11.6 Å². The zero-order valence-electron chi connectivity index (χ0n) is 13.1. The Kier molecular flexibility index (Phi) is 4.67. The van der Waals surface area contributed by atoms with E-state index >= 15 is 0 Å². The van der Waals surface area contributed by atoms with Crippen LogP contribution in [0.1, 0.15) is 15.9 Å². The topological polar surface area (TPSA) is 92.6 Å². The van der Waals surface area contributed by atoms with Gasteiger partial charge in [-0.3, -0.25) is 19.7 Å². The Morgan fingerprint density at radius 2 is 2.00 bits per heavy atom. The van der Waals surface area contributed by atoms with Gasteiger partial charge in [-0.1, -0.05) is 29.8 Å². The predicted molar refractivity (Wildman–Crippen MR) is 92.9 cm³/mol. The van der Waals surface area contributed by atoms with E-state index in [-0.39, 0.29) is 28.7 Å². The van der Waals surface area contributed by atoms with Crippen molar-refractivity contribution in [2.75, 3.05) is 18.0 Å². The Balaban J connectivity index is 1.66. The second kappa shape index (κ2) is 6.90. The Morgan fingerprint density at radius 3 is 2.76 bits per heavy atom. The zero-order valence-corrected chi connectivity index (χ0v) is 13.8. The number of nitrogens with zero attached hydrogens (tertiary/aromatic N) is 2. The van der Waals surface area contributed by atoms with Crippen LogP contribution in [0.25, 0.3) is 0 Å². The van der Waals surface area contributed by atoms with E-state index in [2.05, 4.69) is 5.32 Å². The van der Waals surface area contributed by atoms with Crippen LogP contribution in [0.4, 0.5) is 11.4 Å². The molecule has 25 heavy (non-hydrogen) atoms. The SMILES string of the molecule is O=C(NCC(=O)N1CCc2ccccc21)c1ccc(Cl)c([N+](=O)[O-])c1. The molecule has 0 aliphatic carbocycles. The van der Waals surface area contributed by atoms with Gasteiger partial charge in [0.25, 0.3) is 11.6 Å². The van der Waals surface area contributed by atoms with E-state index in [1.165, 1.54) is 12.1 Å². The highest BCUT2D eigenvalue weighted by Crippen LogP contribution is 2.27. The number of nitro groups is 1. The van der Waals surface area contributed by atoms with Gasteiger partial charge in [0.1, 0.15) is 5.02 Å². The molecule has 2 aromatic rings. The lowest BCUT2D eigenvalue weighted by Gasteiger charge is -2.17. The summed E-state index contributed by atoms with van der Waals surface area (Å²) in [6, 6.07) is 11.4. The van der Waals surface area contributed by atoms with Gasteiger partial charge < -0.3 is 10.2 Å². The molecule has 0 bridgehead atoms. The van der Waals surface area contributed by atoms with Crippen LogP contribution in [0, 0.1) is 10.1 Å². The first-order chi connectivity index (χ1) is 12.0. The summed E-state index contributed by atoms with van der Waals surface area (Å²) in [4.78, 5) is 36.3. The maximum atomic E-state index is 12.4. The Bertz CT molecular complexity index is 869. The highest BCUT2D eigenvalue weighted by Gasteiger charge is 2.24. The summed E-state index contributed by atoms with van der Waals surface area (Å²) < 4.78 is 0. The molecule has 0 spiro atoms. The average Bonchev–Trinajstić information content (AvgIpc) is 3.03. The quantitative estimate of drug-likeness (QED) is 0.670. The molecule has 2 aromatic carbocycles. The maximum absolute atomic E-state index is 12.4. The molecule has 1 aliphatic rings. The number of fused-ring (bicyclic) bond motifs is 1. The van der Waals surface area contributed by atoms with Gasteiger partial charge in [-0.15, -0.1) is 0 Å². The summed E-state index contributed by atoms with van der Waals surface area (Å²) in [5, 5.41) is 13.3. The Labute approximate surface area is 148 Å². The van der Waals surface area contributed by atoms with Crippen molar-refractivity contribution in [1.82, 2.24) is 5.32 Å². The monoisotopic (exact) mass is 359 g/mol. The second-order valence-corrected chi connectivity index (χ2v) is 5.94. The number of halogens is 1. The van der Waals surface area contributed by atoms with E-state index in [1.807, 2.05) is 24.3 Å². The predicted octanol–water partition coefficient (Wildman–Crippen LogP) is 2.57. The van der Waals surface area contributed by atoms with Gasteiger partial charge in [0.2, 0.25) is 5.91 Å². The van der Waals surface area contributed by atoms with Crippen molar-refractivity contribution in [1.29, 1.82) is 0 Å². The van der Waals surface area contributed by atoms with Crippen LogP contribution in [0.3, 0.4) is 0 Å².